The van der Waals surface area contributed by atoms with Gasteiger partial charge < -0.3 is 14.1 Å². The van der Waals surface area contributed by atoms with Gasteiger partial charge in [-0.05, 0) is 45.7 Å². The van der Waals surface area contributed by atoms with Crippen LogP contribution in [0.15, 0.2) is 22.8 Å². The minimum Gasteiger partial charge on any atom is -0.467 e. The summed E-state index contributed by atoms with van der Waals surface area (Å²) in [5.41, 5.74) is -0.509. The van der Waals surface area contributed by atoms with Gasteiger partial charge in [-0.2, -0.15) is 0 Å². The molecule has 0 spiro atoms. The topological polar surface area (TPSA) is 59.8 Å². The molecule has 1 aliphatic rings. The molecule has 1 amide bonds. The number of furan rings is 1. The minimum atomic E-state index is -0.509. The van der Waals surface area contributed by atoms with E-state index in [0.717, 1.165) is 25.1 Å². The van der Waals surface area contributed by atoms with E-state index in [4.69, 9.17) is 9.15 Å². The van der Waals surface area contributed by atoms with E-state index in [1.54, 1.807) is 6.26 Å². The number of carbonyl (C=O) groups excluding carboxylic acids is 2. The zero-order valence-electron chi connectivity index (χ0n) is 12.9. The lowest BCUT2D eigenvalue weighted by Crippen LogP contribution is -2.31. The Kier molecular flexibility index (Phi) is 4.70. The molecule has 0 aromatic carbocycles. The van der Waals surface area contributed by atoms with Gasteiger partial charge in [-0.25, -0.2) is 0 Å². The van der Waals surface area contributed by atoms with Gasteiger partial charge >= 0.3 is 5.97 Å². The smallest absolute Gasteiger partial charge is 0.306 e. The summed E-state index contributed by atoms with van der Waals surface area (Å²) in [6.45, 7) is 6.18. The quantitative estimate of drug-likeness (QED) is 0.800. The number of esters is 1. The molecular formula is C16H23NO4. The molecule has 1 atom stereocenters. The summed E-state index contributed by atoms with van der Waals surface area (Å²) in [5.74, 6) is 0.475. The van der Waals surface area contributed by atoms with Crippen molar-refractivity contribution in [2.75, 3.05) is 6.54 Å². The molecule has 1 aromatic heterocycles. The fourth-order valence-corrected chi connectivity index (χ4v) is 2.59. The van der Waals surface area contributed by atoms with Crippen molar-refractivity contribution in [1.82, 2.24) is 4.90 Å². The fourth-order valence-electron chi connectivity index (χ4n) is 2.59. The molecule has 116 valence electrons. The van der Waals surface area contributed by atoms with Crippen molar-refractivity contribution in [3.8, 4) is 0 Å². The molecule has 5 nitrogen and oxygen atoms in total. The molecule has 0 bridgehead atoms. The normalized spacial score (nSPS) is 18.8. The van der Waals surface area contributed by atoms with Crippen molar-refractivity contribution in [3.63, 3.8) is 0 Å². The zero-order valence-corrected chi connectivity index (χ0v) is 12.9. The van der Waals surface area contributed by atoms with Crippen LogP contribution in [0.3, 0.4) is 0 Å². The van der Waals surface area contributed by atoms with Gasteiger partial charge in [0.2, 0.25) is 5.91 Å². The molecule has 1 saturated heterocycles. The van der Waals surface area contributed by atoms with Crippen molar-refractivity contribution in [2.45, 2.75) is 58.1 Å². The molecule has 1 aliphatic heterocycles. The molecule has 2 heterocycles. The van der Waals surface area contributed by atoms with Crippen molar-refractivity contribution in [3.05, 3.63) is 24.2 Å². The summed E-state index contributed by atoms with van der Waals surface area (Å²) >= 11 is 0. The van der Waals surface area contributed by atoms with Crippen LogP contribution < -0.4 is 0 Å². The fraction of sp³-hybridized carbons (Fsp3) is 0.625. The highest BCUT2D eigenvalue weighted by atomic mass is 16.6. The van der Waals surface area contributed by atoms with E-state index in [1.165, 1.54) is 0 Å². The van der Waals surface area contributed by atoms with Gasteiger partial charge in [-0.15, -0.1) is 0 Å². The minimum absolute atomic E-state index is 0.00568. The molecule has 2 rings (SSSR count). The second-order valence-corrected chi connectivity index (χ2v) is 6.35. The highest BCUT2D eigenvalue weighted by Gasteiger charge is 2.31. The molecule has 0 saturated carbocycles. The molecule has 0 radical (unpaired) electrons. The zero-order chi connectivity index (χ0) is 15.5. The van der Waals surface area contributed by atoms with Gasteiger partial charge in [0, 0.05) is 13.0 Å². The Morgan fingerprint density at radius 3 is 2.76 bits per heavy atom. The predicted octanol–water partition coefficient (Wildman–Crippen LogP) is 3.07. The second-order valence-electron chi connectivity index (χ2n) is 6.35. The van der Waals surface area contributed by atoms with Crippen LogP contribution in [-0.4, -0.2) is 28.9 Å². The number of rotatable bonds is 4. The maximum atomic E-state index is 12.3. The van der Waals surface area contributed by atoms with Gasteiger partial charge in [0.05, 0.1) is 18.7 Å². The van der Waals surface area contributed by atoms with E-state index in [2.05, 4.69) is 0 Å². The Labute approximate surface area is 125 Å². The second kappa shape index (κ2) is 6.33. The Hall–Kier alpha value is -1.78. The monoisotopic (exact) mass is 293 g/mol. The number of hydrogen-bond donors (Lipinski definition) is 0. The number of hydrogen-bond acceptors (Lipinski definition) is 4. The first-order chi connectivity index (χ1) is 9.87. The summed E-state index contributed by atoms with van der Waals surface area (Å²) in [6, 6.07) is 3.73. The van der Waals surface area contributed by atoms with Gasteiger partial charge in [-0.3, -0.25) is 9.59 Å². The summed E-state index contributed by atoms with van der Waals surface area (Å²) in [7, 11) is 0. The molecular weight excluding hydrogens is 270 g/mol. The maximum Gasteiger partial charge on any atom is 0.306 e. The Balaban J connectivity index is 1.87. The van der Waals surface area contributed by atoms with Crippen LogP contribution in [0.1, 0.15) is 58.3 Å². The van der Waals surface area contributed by atoms with E-state index in [-0.39, 0.29) is 30.8 Å². The third-order valence-corrected chi connectivity index (χ3v) is 3.41. The highest BCUT2D eigenvalue weighted by molar-refractivity contribution is 5.82. The van der Waals surface area contributed by atoms with Crippen LogP contribution in [0.25, 0.3) is 0 Å². The lowest BCUT2D eigenvalue weighted by Gasteiger charge is -2.23. The first-order valence-electron chi connectivity index (χ1n) is 7.41. The van der Waals surface area contributed by atoms with Crippen molar-refractivity contribution < 1.29 is 18.7 Å². The van der Waals surface area contributed by atoms with Crippen molar-refractivity contribution in [2.24, 2.45) is 0 Å². The van der Waals surface area contributed by atoms with E-state index in [9.17, 15) is 9.59 Å². The Morgan fingerprint density at radius 2 is 2.14 bits per heavy atom. The number of ether oxygens (including phenoxy) is 1. The largest absolute Gasteiger partial charge is 0.467 e. The van der Waals surface area contributed by atoms with Gasteiger partial charge in [-0.1, -0.05) is 0 Å². The lowest BCUT2D eigenvalue weighted by atomic mass is 10.1. The van der Waals surface area contributed by atoms with Crippen LogP contribution >= 0.6 is 0 Å². The average molecular weight is 293 g/mol. The molecule has 0 N–H and O–H groups in total. The van der Waals surface area contributed by atoms with Crippen LogP contribution in [0.5, 0.6) is 0 Å². The van der Waals surface area contributed by atoms with Crippen molar-refractivity contribution >= 4 is 11.9 Å². The molecule has 5 heteroatoms. The molecule has 1 fully saturated rings. The molecule has 0 unspecified atom stereocenters. The van der Waals surface area contributed by atoms with E-state index in [0.29, 0.717) is 0 Å². The van der Waals surface area contributed by atoms with Crippen LogP contribution in [0.2, 0.25) is 0 Å². The molecule has 0 aliphatic carbocycles. The lowest BCUT2D eigenvalue weighted by molar-refractivity contribution is -0.156. The first kappa shape index (κ1) is 15.6. The first-order valence-corrected chi connectivity index (χ1v) is 7.41. The maximum absolute atomic E-state index is 12.3. The number of nitrogens with zero attached hydrogens (tertiary/aromatic N) is 1. The van der Waals surface area contributed by atoms with E-state index in [1.807, 2.05) is 37.8 Å². The summed E-state index contributed by atoms with van der Waals surface area (Å²) < 4.78 is 10.6. The van der Waals surface area contributed by atoms with Gasteiger partial charge in [0.1, 0.15) is 11.4 Å². The molecule has 1 aromatic rings. The highest BCUT2D eigenvalue weighted by Crippen LogP contribution is 2.32. The Bertz CT molecular complexity index is 487. The van der Waals surface area contributed by atoms with E-state index < -0.39 is 5.60 Å². The summed E-state index contributed by atoms with van der Waals surface area (Å²) in [5, 5.41) is 0. The van der Waals surface area contributed by atoms with Crippen LogP contribution in [0.4, 0.5) is 0 Å². The predicted molar refractivity (Wildman–Crippen MR) is 77.5 cm³/mol. The number of likely N-dealkylation sites (tertiary alicyclic amines) is 1. The van der Waals surface area contributed by atoms with Crippen molar-refractivity contribution in [1.29, 1.82) is 0 Å². The SMILES string of the molecule is CC(C)(C)OC(=O)CCC(=O)N1CCC[C@H]1c1ccco1. The van der Waals surface area contributed by atoms with Gasteiger partial charge in [0.15, 0.2) is 0 Å². The van der Waals surface area contributed by atoms with Gasteiger partial charge in [0.25, 0.3) is 0 Å². The third kappa shape index (κ3) is 4.34. The summed E-state index contributed by atoms with van der Waals surface area (Å²) in [6.07, 6.45) is 3.80. The Morgan fingerprint density at radius 1 is 1.38 bits per heavy atom. The number of carbonyl (C=O) groups is 2. The third-order valence-electron chi connectivity index (χ3n) is 3.41. The summed E-state index contributed by atoms with van der Waals surface area (Å²) in [4.78, 5) is 25.8. The number of amides is 1. The van der Waals surface area contributed by atoms with Crippen LogP contribution in [0, 0.1) is 0 Å². The average Bonchev–Trinajstić information content (AvgIpc) is 3.03. The standard InChI is InChI=1S/C16H23NO4/c1-16(2,3)21-15(19)9-8-14(18)17-10-4-6-12(17)13-7-5-11-20-13/h5,7,11-12H,4,6,8-10H2,1-3H3/t12-/m0/s1. The molecule has 21 heavy (non-hydrogen) atoms. The van der Waals surface area contributed by atoms with Crippen LogP contribution in [-0.2, 0) is 14.3 Å². The van der Waals surface area contributed by atoms with E-state index >= 15 is 0 Å².